The van der Waals surface area contributed by atoms with Crippen LogP contribution >= 0.6 is 11.6 Å². The number of pyridine rings is 1. The first-order valence-corrected chi connectivity index (χ1v) is 14.1. The van der Waals surface area contributed by atoms with Crippen molar-refractivity contribution in [3.05, 3.63) is 62.3 Å². The Morgan fingerprint density at radius 2 is 1.90 bits per heavy atom. The van der Waals surface area contributed by atoms with Gasteiger partial charge < -0.3 is 24.3 Å². The largest absolute Gasteiger partial charge is 0.487 e. The van der Waals surface area contributed by atoms with Gasteiger partial charge in [-0.05, 0) is 37.7 Å². The zero-order valence-electron chi connectivity index (χ0n) is 22.9. The van der Waals surface area contributed by atoms with E-state index in [1.54, 1.807) is 22.6 Å². The molecule has 4 rings (SSSR count). The molecule has 1 saturated carbocycles. The minimum atomic E-state index is -0.671. The summed E-state index contributed by atoms with van der Waals surface area (Å²) in [7, 11) is 1.72. The molecule has 0 radical (unpaired) electrons. The van der Waals surface area contributed by atoms with E-state index in [0.717, 1.165) is 32.1 Å². The summed E-state index contributed by atoms with van der Waals surface area (Å²) in [5.74, 6) is -1.42. The van der Waals surface area contributed by atoms with Gasteiger partial charge in [-0.25, -0.2) is 4.39 Å². The first-order valence-electron chi connectivity index (χ1n) is 13.7. The molecule has 2 heterocycles. The molecule has 39 heavy (non-hydrogen) atoms. The summed E-state index contributed by atoms with van der Waals surface area (Å²) in [5, 5.41) is 2.58. The molecule has 212 valence electrons. The molecule has 2 aliphatic rings. The van der Waals surface area contributed by atoms with Crippen molar-refractivity contribution in [3.8, 4) is 5.75 Å². The standard InChI is InChI=1S/C29H37ClFN3O5/c1-4-6-11-38-17-19-13-29(14-19)18-33(3)28(37)24-26(39-12-7-5-2)25(35)21(16-34(24)29)27(36)32-15-20-9-8-10-22(30)23(20)31/h8-10,16,19H,4-7,11-15,17-18H2,1-3H3,(H,32,36)/t19-,29+. The number of likely N-dealkylation sites (N-methyl/N-ethyl adjacent to an activating group) is 1. The summed E-state index contributed by atoms with van der Waals surface area (Å²) in [6.07, 6.45) is 6.58. The number of nitrogens with zero attached hydrogens (tertiary/aromatic N) is 2. The number of amides is 2. The van der Waals surface area contributed by atoms with Gasteiger partial charge in [0.2, 0.25) is 5.43 Å². The van der Waals surface area contributed by atoms with E-state index in [1.807, 2.05) is 6.92 Å². The van der Waals surface area contributed by atoms with Crippen LogP contribution in [0, 0.1) is 11.7 Å². The summed E-state index contributed by atoms with van der Waals surface area (Å²) in [6, 6.07) is 4.53. The molecular weight excluding hydrogens is 525 g/mol. The van der Waals surface area contributed by atoms with Gasteiger partial charge in [0.05, 0.1) is 17.2 Å². The van der Waals surface area contributed by atoms with Gasteiger partial charge in [-0.2, -0.15) is 0 Å². The molecule has 0 unspecified atom stereocenters. The summed E-state index contributed by atoms with van der Waals surface area (Å²) >= 11 is 5.87. The number of nitrogens with one attached hydrogen (secondary N) is 1. The van der Waals surface area contributed by atoms with Gasteiger partial charge >= 0.3 is 0 Å². The van der Waals surface area contributed by atoms with Gasteiger partial charge in [0.25, 0.3) is 11.8 Å². The van der Waals surface area contributed by atoms with Gasteiger partial charge in [0.1, 0.15) is 11.4 Å². The smallest absolute Gasteiger partial charge is 0.274 e. The van der Waals surface area contributed by atoms with Crippen LogP contribution in [-0.4, -0.2) is 54.7 Å². The van der Waals surface area contributed by atoms with Crippen molar-refractivity contribution in [1.82, 2.24) is 14.8 Å². The van der Waals surface area contributed by atoms with E-state index < -0.39 is 22.7 Å². The normalized spacial score (nSPS) is 20.1. The van der Waals surface area contributed by atoms with Crippen LogP contribution in [0.5, 0.6) is 5.75 Å². The van der Waals surface area contributed by atoms with Crippen molar-refractivity contribution in [2.75, 3.05) is 33.4 Å². The number of carbonyl (C=O) groups excluding carboxylic acids is 2. The van der Waals surface area contributed by atoms with Crippen LogP contribution in [0.3, 0.4) is 0 Å². The van der Waals surface area contributed by atoms with Crippen molar-refractivity contribution in [2.24, 2.45) is 5.92 Å². The van der Waals surface area contributed by atoms with Crippen molar-refractivity contribution >= 4 is 23.4 Å². The molecule has 1 aliphatic heterocycles. The maximum absolute atomic E-state index is 14.4. The van der Waals surface area contributed by atoms with E-state index in [-0.39, 0.29) is 46.7 Å². The zero-order valence-corrected chi connectivity index (χ0v) is 23.6. The molecule has 2 amide bonds. The average molecular weight is 562 g/mol. The highest BCUT2D eigenvalue weighted by Gasteiger charge is 2.52. The number of halogens is 2. The van der Waals surface area contributed by atoms with E-state index in [0.29, 0.717) is 32.1 Å². The molecule has 8 nitrogen and oxygen atoms in total. The predicted octanol–water partition coefficient (Wildman–Crippen LogP) is 4.76. The number of aromatic nitrogens is 1. The monoisotopic (exact) mass is 561 g/mol. The third kappa shape index (κ3) is 5.99. The fourth-order valence-corrected chi connectivity index (χ4v) is 5.66. The second-order valence-corrected chi connectivity index (χ2v) is 11.0. The second-order valence-electron chi connectivity index (χ2n) is 10.6. The number of hydrogen-bond donors (Lipinski definition) is 1. The van der Waals surface area contributed by atoms with E-state index in [2.05, 4.69) is 12.2 Å². The van der Waals surface area contributed by atoms with E-state index >= 15 is 0 Å². The zero-order chi connectivity index (χ0) is 28.2. The highest BCUT2D eigenvalue weighted by molar-refractivity contribution is 6.30. The van der Waals surface area contributed by atoms with Crippen molar-refractivity contribution < 1.29 is 23.5 Å². The number of carbonyl (C=O) groups is 2. The lowest BCUT2D eigenvalue weighted by Gasteiger charge is -2.54. The van der Waals surface area contributed by atoms with E-state index in [1.165, 1.54) is 18.3 Å². The van der Waals surface area contributed by atoms with E-state index in [4.69, 9.17) is 21.1 Å². The first kappa shape index (κ1) is 29.1. The van der Waals surface area contributed by atoms with Crippen molar-refractivity contribution in [3.63, 3.8) is 0 Å². The lowest BCUT2D eigenvalue weighted by molar-refractivity contribution is -0.0291. The maximum Gasteiger partial charge on any atom is 0.274 e. The van der Waals surface area contributed by atoms with Gasteiger partial charge in [-0.15, -0.1) is 0 Å². The second kappa shape index (κ2) is 12.5. The third-order valence-corrected chi connectivity index (χ3v) is 7.84. The quantitative estimate of drug-likeness (QED) is 0.378. The average Bonchev–Trinajstić information content (AvgIpc) is 2.89. The minimum Gasteiger partial charge on any atom is -0.487 e. The van der Waals surface area contributed by atoms with Crippen LogP contribution in [0.1, 0.15) is 78.8 Å². The fraction of sp³-hybridized carbons (Fsp3) is 0.552. The number of ether oxygens (including phenoxy) is 2. The number of benzene rings is 1. The summed E-state index contributed by atoms with van der Waals surface area (Å²) in [6.45, 7) is 6.01. The van der Waals surface area contributed by atoms with Gasteiger partial charge in [-0.3, -0.25) is 14.4 Å². The minimum absolute atomic E-state index is 0.0509. The van der Waals surface area contributed by atoms with E-state index in [9.17, 15) is 18.8 Å². The Balaban J connectivity index is 1.67. The molecule has 1 fully saturated rings. The molecule has 1 spiro atoms. The molecule has 1 N–H and O–H groups in total. The molecule has 1 aliphatic carbocycles. The van der Waals surface area contributed by atoms with Gasteiger partial charge in [-0.1, -0.05) is 50.4 Å². The summed E-state index contributed by atoms with van der Waals surface area (Å²) in [4.78, 5) is 41.8. The molecular formula is C29H37ClFN3O5. The lowest BCUT2D eigenvalue weighted by atomic mass is 9.67. The highest BCUT2D eigenvalue weighted by atomic mass is 35.5. The number of rotatable bonds is 12. The van der Waals surface area contributed by atoms with Crippen molar-refractivity contribution in [2.45, 2.75) is 64.5 Å². The Morgan fingerprint density at radius 3 is 2.62 bits per heavy atom. The molecule has 0 bridgehead atoms. The maximum atomic E-state index is 14.4. The Kier molecular flexibility index (Phi) is 9.33. The van der Waals surface area contributed by atoms with Crippen LogP contribution in [-0.2, 0) is 16.8 Å². The Hall–Kier alpha value is -2.91. The lowest BCUT2D eigenvalue weighted by Crippen LogP contribution is -2.60. The molecule has 10 heteroatoms. The topological polar surface area (TPSA) is 89.9 Å². The predicted molar refractivity (Wildman–Crippen MR) is 147 cm³/mol. The summed E-state index contributed by atoms with van der Waals surface area (Å²) < 4.78 is 27.9. The number of hydrogen-bond acceptors (Lipinski definition) is 5. The van der Waals surface area contributed by atoms with Gasteiger partial charge in [0.15, 0.2) is 11.4 Å². The van der Waals surface area contributed by atoms with Crippen molar-refractivity contribution in [1.29, 1.82) is 0 Å². The Bertz CT molecular complexity index is 1270. The molecule has 1 aromatic heterocycles. The van der Waals surface area contributed by atoms with Crippen LogP contribution in [0.4, 0.5) is 4.39 Å². The summed E-state index contributed by atoms with van der Waals surface area (Å²) in [5.41, 5.74) is -0.897. The van der Waals surface area contributed by atoms with Crippen LogP contribution in [0.2, 0.25) is 5.02 Å². The first-order chi connectivity index (χ1) is 18.7. The number of unbranched alkanes of at least 4 members (excludes halogenated alkanes) is 2. The molecule has 1 aromatic carbocycles. The number of fused-ring (bicyclic) bond motifs is 2. The molecule has 0 saturated heterocycles. The Labute approximate surface area is 233 Å². The fourth-order valence-electron chi connectivity index (χ4n) is 5.46. The highest BCUT2D eigenvalue weighted by Crippen LogP contribution is 2.48. The molecule has 2 aromatic rings. The van der Waals surface area contributed by atoms with Gasteiger partial charge in [0, 0.05) is 45.1 Å². The van der Waals surface area contributed by atoms with Crippen LogP contribution in [0.15, 0.2) is 29.2 Å². The third-order valence-electron chi connectivity index (χ3n) is 7.55. The SMILES string of the molecule is CCCCOC[C@H]1C[C@]2(CN(C)C(=O)c3c(OCCCC)c(=O)c(C(=O)NCc4cccc(Cl)c4F)cn32)C1. The van der Waals surface area contributed by atoms with Crippen LogP contribution < -0.4 is 15.5 Å². The van der Waals surface area contributed by atoms with Crippen LogP contribution in [0.25, 0.3) is 0 Å². The molecule has 0 atom stereocenters. The Morgan fingerprint density at radius 1 is 1.18 bits per heavy atom.